The Morgan fingerprint density at radius 3 is 2.06 bits per heavy atom. The number of piperidine rings is 1. The second-order valence-corrected chi connectivity index (χ2v) is 7.49. The van der Waals surface area contributed by atoms with Crippen LogP contribution in [0.1, 0.15) is 60.3 Å². The molecule has 1 aliphatic heterocycles. The maximum atomic E-state index is 5.53. The third kappa shape index (κ3) is 5.71. The zero-order valence-corrected chi connectivity index (χ0v) is 12.9. The van der Waals surface area contributed by atoms with Gasteiger partial charge in [0.25, 0.3) is 0 Å². The molecule has 100 valence electrons. The molecule has 1 rings (SSSR count). The summed E-state index contributed by atoms with van der Waals surface area (Å²) in [6.45, 7) is 13.6. The average molecular weight is 256 g/mol. The lowest BCUT2D eigenvalue weighted by Crippen LogP contribution is -2.52. The van der Waals surface area contributed by atoms with Crippen molar-refractivity contribution in [2.75, 3.05) is 13.1 Å². The lowest BCUT2D eigenvalue weighted by molar-refractivity contribution is 0.254. The SMILES string of the molecule is CC(C)(C)CC(C)(C)NC(=S)N1CCCCC1. The van der Waals surface area contributed by atoms with Gasteiger partial charge in [-0.15, -0.1) is 0 Å². The van der Waals surface area contributed by atoms with Crippen LogP contribution in [-0.2, 0) is 0 Å². The molecular weight excluding hydrogens is 228 g/mol. The highest BCUT2D eigenvalue weighted by molar-refractivity contribution is 7.80. The Morgan fingerprint density at radius 1 is 1.06 bits per heavy atom. The van der Waals surface area contributed by atoms with Gasteiger partial charge in [-0.2, -0.15) is 0 Å². The molecule has 2 nitrogen and oxygen atoms in total. The van der Waals surface area contributed by atoms with Gasteiger partial charge >= 0.3 is 0 Å². The van der Waals surface area contributed by atoms with Crippen molar-refractivity contribution in [2.45, 2.75) is 65.8 Å². The standard InChI is InChI=1S/C14H28N2S/c1-13(2,3)11-14(4,5)15-12(17)16-9-7-6-8-10-16/h6-11H2,1-5H3,(H,15,17). The second kappa shape index (κ2) is 5.55. The monoisotopic (exact) mass is 256 g/mol. The van der Waals surface area contributed by atoms with E-state index in [0.717, 1.165) is 24.6 Å². The van der Waals surface area contributed by atoms with Crippen molar-refractivity contribution in [1.82, 2.24) is 10.2 Å². The molecule has 3 heteroatoms. The van der Waals surface area contributed by atoms with E-state index in [9.17, 15) is 0 Å². The molecule has 0 aromatic heterocycles. The molecule has 0 unspecified atom stereocenters. The van der Waals surface area contributed by atoms with Crippen LogP contribution in [0.15, 0.2) is 0 Å². The molecule has 1 heterocycles. The first-order valence-electron chi connectivity index (χ1n) is 6.77. The van der Waals surface area contributed by atoms with Crippen LogP contribution in [0.2, 0.25) is 0 Å². The zero-order chi connectivity index (χ0) is 13.1. The summed E-state index contributed by atoms with van der Waals surface area (Å²) in [4.78, 5) is 2.32. The molecule has 0 atom stereocenters. The van der Waals surface area contributed by atoms with Crippen LogP contribution in [0.25, 0.3) is 0 Å². The number of rotatable bonds is 2. The molecule has 0 spiro atoms. The second-order valence-electron chi connectivity index (χ2n) is 7.10. The Hall–Kier alpha value is -0.310. The van der Waals surface area contributed by atoms with E-state index in [-0.39, 0.29) is 5.54 Å². The van der Waals surface area contributed by atoms with Crippen molar-refractivity contribution in [1.29, 1.82) is 0 Å². The number of hydrogen-bond acceptors (Lipinski definition) is 1. The molecule has 0 aromatic carbocycles. The highest BCUT2D eigenvalue weighted by Gasteiger charge is 2.27. The molecular formula is C14H28N2S. The van der Waals surface area contributed by atoms with Crippen LogP contribution < -0.4 is 5.32 Å². The van der Waals surface area contributed by atoms with E-state index < -0.39 is 0 Å². The van der Waals surface area contributed by atoms with Crippen molar-refractivity contribution < 1.29 is 0 Å². The largest absolute Gasteiger partial charge is 0.358 e. The summed E-state index contributed by atoms with van der Waals surface area (Å²) in [5.41, 5.74) is 0.404. The van der Waals surface area contributed by atoms with Gasteiger partial charge in [0.1, 0.15) is 0 Å². The van der Waals surface area contributed by atoms with Crippen molar-refractivity contribution >= 4 is 17.3 Å². The summed E-state index contributed by atoms with van der Waals surface area (Å²) < 4.78 is 0. The maximum absolute atomic E-state index is 5.53. The van der Waals surface area contributed by atoms with Crippen LogP contribution in [0.3, 0.4) is 0 Å². The summed E-state index contributed by atoms with van der Waals surface area (Å²) in [5, 5.41) is 4.48. The quantitative estimate of drug-likeness (QED) is 0.761. The van der Waals surface area contributed by atoms with Crippen molar-refractivity contribution in [3.8, 4) is 0 Å². The summed E-state index contributed by atoms with van der Waals surface area (Å²) >= 11 is 5.53. The minimum absolute atomic E-state index is 0.0762. The van der Waals surface area contributed by atoms with E-state index in [1.807, 2.05) is 0 Å². The number of hydrogen-bond donors (Lipinski definition) is 1. The first kappa shape index (κ1) is 14.7. The molecule has 1 aliphatic rings. The molecule has 0 aliphatic carbocycles. The molecule has 17 heavy (non-hydrogen) atoms. The van der Waals surface area contributed by atoms with Crippen LogP contribution in [0, 0.1) is 5.41 Å². The lowest BCUT2D eigenvalue weighted by Gasteiger charge is -2.38. The Bertz CT molecular complexity index is 260. The Balaban J connectivity index is 2.48. The van der Waals surface area contributed by atoms with E-state index in [2.05, 4.69) is 44.8 Å². The third-order valence-electron chi connectivity index (χ3n) is 3.06. The summed E-state index contributed by atoms with van der Waals surface area (Å²) in [7, 11) is 0. The number of nitrogens with zero attached hydrogens (tertiary/aromatic N) is 1. The minimum atomic E-state index is 0.0762. The van der Waals surface area contributed by atoms with Gasteiger partial charge in [0, 0.05) is 18.6 Å². The summed E-state index contributed by atoms with van der Waals surface area (Å²) in [5.74, 6) is 0. The molecule has 0 amide bonds. The van der Waals surface area contributed by atoms with Gasteiger partial charge in [-0.1, -0.05) is 20.8 Å². The highest BCUT2D eigenvalue weighted by Crippen LogP contribution is 2.27. The first-order valence-corrected chi connectivity index (χ1v) is 7.18. The predicted molar refractivity (Wildman–Crippen MR) is 79.3 cm³/mol. The maximum Gasteiger partial charge on any atom is 0.169 e. The van der Waals surface area contributed by atoms with Crippen molar-refractivity contribution in [3.63, 3.8) is 0 Å². The summed E-state index contributed by atoms with van der Waals surface area (Å²) in [6.07, 6.45) is 5.03. The zero-order valence-electron chi connectivity index (χ0n) is 12.1. The van der Waals surface area contributed by atoms with E-state index in [1.165, 1.54) is 19.3 Å². The molecule has 0 aromatic rings. The first-order chi connectivity index (χ1) is 7.70. The van der Waals surface area contributed by atoms with Crippen LogP contribution in [0.5, 0.6) is 0 Å². The van der Waals surface area contributed by atoms with E-state index >= 15 is 0 Å². The molecule has 1 fully saturated rings. The third-order valence-corrected chi connectivity index (χ3v) is 3.42. The molecule has 0 radical (unpaired) electrons. The summed E-state index contributed by atoms with van der Waals surface area (Å²) in [6, 6.07) is 0. The lowest BCUT2D eigenvalue weighted by atomic mass is 9.82. The number of nitrogens with one attached hydrogen (secondary N) is 1. The van der Waals surface area contributed by atoms with E-state index in [1.54, 1.807) is 0 Å². The van der Waals surface area contributed by atoms with Gasteiger partial charge in [-0.05, 0) is 57.2 Å². The smallest absolute Gasteiger partial charge is 0.169 e. The van der Waals surface area contributed by atoms with E-state index in [4.69, 9.17) is 12.2 Å². The van der Waals surface area contributed by atoms with Gasteiger partial charge in [0.15, 0.2) is 5.11 Å². The van der Waals surface area contributed by atoms with Crippen LogP contribution >= 0.6 is 12.2 Å². The Labute approximate surface area is 112 Å². The van der Waals surface area contributed by atoms with Gasteiger partial charge in [0.05, 0.1) is 0 Å². The van der Waals surface area contributed by atoms with Gasteiger partial charge in [-0.3, -0.25) is 0 Å². The number of thiocarbonyl (C=S) groups is 1. The number of likely N-dealkylation sites (tertiary alicyclic amines) is 1. The van der Waals surface area contributed by atoms with Crippen molar-refractivity contribution in [3.05, 3.63) is 0 Å². The fraction of sp³-hybridized carbons (Fsp3) is 0.929. The average Bonchev–Trinajstić information content (AvgIpc) is 2.14. The van der Waals surface area contributed by atoms with Gasteiger partial charge < -0.3 is 10.2 Å². The van der Waals surface area contributed by atoms with Crippen LogP contribution in [0.4, 0.5) is 0 Å². The topological polar surface area (TPSA) is 15.3 Å². The molecule has 1 saturated heterocycles. The highest BCUT2D eigenvalue weighted by atomic mass is 32.1. The fourth-order valence-corrected chi connectivity index (χ4v) is 3.29. The Kier molecular flexibility index (Phi) is 4.82. The van der Waals surface area contributed by atoms with Gasteiger partial charge in [-0.25, -0.2) is 0 Å². The molecule has 0 bridgehead atoms. The normalized spacial score (nSPS) is 18.1. The predicted octanol–water partition coefficient (Wildman–Crippen LogP) is 3.56. The van der Waals surface area contributed by atoms with Crippen LogP contribution in [-0.4, -0.2) is 28.6 Å². The minimum Gasteiger partial charge on any atom is -0.358 e. The Morgan fingerprint density at radius 2 is 1.59 bits per heavy atom. The molecule has 0 saturated carbocycles. The fourth-order valence-electron chi connectivity index (χ4n) is 2.84. The van der Waals surface area contributed by atoms with E-state index in [0.29, 0.717) is 5.41 Å². The van der Waals surface area contributed by atoms with Crippen molar-refractivity contribution in [2.24, 2.45) is 5.41 Å². The van der Waals surface area contributed by atoms with Gasteiger partial charge in [0.2, 0.25) is 0 Å². The molecule has 1 N–H and O–H groups in total.